The number of benzene rings is 2. The molecule has 2 aromatic carbocycles. The van der Waals surface area contributed by atoms with E-state index in [2.05, 4.69) is 5.16 Å². The van der Waals surface area contributed by atoms with E-state index in [0.717, 1.165) is 11.1 Å². The molecular formula is C20H17ClN2O5S. The number of hydrogen-bond donors (Lipinski definition) is 0. The molecule has 7 nitrogen and oxygen atoms in total. The van der Waals surface area contributed by atoms with Crippen molar-refractivity contribution >= 4 is 33.3 Å². The summed E-state index contributed by atoms with van der Waals surface area (Å²) in [4.78, 5) is 12.4. The van der Waals surface area contributed by atoms with Crippen LogP contribution in [0, 0.1) is 0 Å². The largest absolute Gasteiger partial charge is 0.454 e. The number of esters is 1. The Morgan fingerprint density at radius 1 is 1.21 bits per heavy atom. The molecule has 0 fully saturated rings. The lowest BCUT2D eigenvalue weighted by Gasteiger charge is -2.16. The van der Waals surface area contributed by atoms with Crippen LogP contribution in [0.4, 0.5) is 5.69 Å². The van der Waals surface area contributed by atoms with Gasteiger partial charge in [-0.2, -0.15) is 0 Å². The van der Waals surface area contributed by atoms with Crippen molar-refractivity contribution in [3.63, 3.8) is 0 Å². The summed E-state index contributed by atoms with van der Waals surface area (Å²) in [5.41, 5.74) is 3.22. The van der Waals surface area contributed by atoms with E-state index in [0.29, 0.717) is 40.7 Å². The second-order valence-corrected chi connectivity index (χ2v) is 9.03. The third kappa shape index (κ3) is 4.13. The summed E-state index contributed by atoms with van der Waals surface area (Å²) in [7, 11) is -3.33. The summed E-state index contributed by atoms with van der Waals surface area (Å²) >= 11 is 5.88. The fourth-order valence-corrected chi connectivity index (χ4v) is 4.28. The molecule has 1 aliphatic rings. The average Bonchev–Trinajstić information content (AvgIpc) is 3.33. The van der Waals surface area contributed by atoms with Gasteiger partial charge in [0.25, 0.3) is 0 Å². The zero-order chi connectivity index (χ0) is 20.6. The molecule has 0 saturated carbocycles. The quantitative estimate of drug-likeness (QED) is 0.571. The topological polar surface area (TPSA) is 89.7 Å². The van der Waals surface area contributed by atoms with Gasteiger partial charge in [-0.05, 0) is 42.3 Å². The maximum atomic E-state index is 12.4. The minimum Gasteiger partial charge on any atom is -0.454 e. The lowest BCUT2D eigenvalue weighted by Crippen LogP contribution is -2.27. The summed E-state index contributed by atoms with van der Waals surface area (Å²) in [6.07, 6.45) is 1.72. The van der Waals surface area contributed by atoms with Crippen LogP contribution in [0.2, 0.25) is 5.02 Å². The number of aromatic nitrogens is 1. The van der Waals surface area contributed by atoms with Crippen molar-refractivity contribution in [3.8, 4) is 11.3 Å². The second kappa shape index (κ2) is 7.53. The van der Waals surface area contributed by atoms with Gasteiger partial charge in [-0.25, -0.2) is 13.2 Å². The molecule has 3 aromatic rings. The molecule has 150 valence electrons. The lowest BCUT2D eigenvalue weighted by atomic mass is 10.1. The van der Waals surface area contributed by atoms with E-state index < -0.39 is 16.0 Å². The molecule has 0 spiro atoms. The molecule has 0 radical (unpaired) electrons. The maximum Gasteiger partial charge on any atom is 0.338 e. The molecule has 0 bridgehead atoms. The number of nitrogens with zero attached hydrogens (tertiary/aromatic N) is 2. The van der Waals surface area contributed by atoms with Crippen molar-refractivity contribution in [2.75, 3.05) is 17.1 Å². The van der Waals surface area contributed by atoms with Crippen LogP contribution in [0.25, 0.3) is 11.3 Å². The Morgan fingerprint density at radius 2 is 1.97 bits per heavy atom. The SMILES string of the molecule is CS(=O)(=O)N1CCc2cc(C(=O)OCc3cc(-c4ccc(Cl)cc4)no3)ccc21. The number of sulfonamides is 1. The summed E-state index contributed by atoms with van der Waals surface area (Å²) in [5.74, 6) is -0.109. The first-order valence-electron chi connectivity index (χ1n) is 8.80. The van der Waals surface area contributed by atoms with Crippen molar-refractivity contribution in [1.29, 1.82) is 0 Å². The van der Waals surface area contributed by atoms with E-state index in [9.17, 15) is 13.2 Å². The monoisotopic (exact) mass is 432 g/mol. The second-order valence-electron chi connectivity index (χ2n) is 6.69. The van der Waals surface area contributed by atoms with E-state index >= 15 is 0 Å². The van der Waals surface area contributed by atoms with Crippen molar-refractivity contribution in [2.24, 2.45) is 0 Å². The van der Waals surface area contributed by atoms with Crippen LogP contribution in [0.5, 0.6) is 0 Å². The van der Waals surface area contributed by atoms with Crippen molar-refractivity contribution in [1.82, 2.24) is 5.16 Å². The number of carbonyl (C=O) groups excluding carboxylic acids is 1. The van der Waals surface area contributed by atoms with Crippen LogP contribution in [0.1, 0.15) is 21.7 Å². The lowest BCUT2D eigenvalue weighted by molar-refractivity contribution is 0.0437. The van der Waals surface area contributed by atoms with Crippen molar-refractivity contribution in [2.45, 2.75) is 13.0 Å². The Kier molecular flexibility index (Phi) is 5.06. The molecule has 0 amide bonds. The van der Waals surface area contributed by atoms with Gasteiger partial charge in [-0.3, -0.25) is 4.31 Å². The minimum absolute atomic E-state index is 0.0635. The van der Waals surface area contributed by atoms with E-state index in [1.807, 2.05) is 12.1 Å². The van der Waals surface area contributed by atoms with Crippen molar-refractivity contribution in [3.05, 3.63) is 70.4 Å². The third-order valence-electron chi connectivity index (χ3n) is 4.61. The Bertz CT molecular complexity index is 1170. The first kappa shape index (κ1) is 19.5. The highest BCUT2D eigenvalue weighted by Crippen LogP contribution is 2.31. The molecule has 4 rings (SSSR count). The van der Waals surface area contributed by atoms with Gasteiger partial charge < -0.3 is 9.26 Å². The Balaban J connectivity index is 1.43. The van der Waals surface area contributed by atoms with Gasteiger partial charge in [0.1, 0.15) is 5.69 Å². The minimum atomic E-state index is -3.33. The molecule has 9 heteroatoms. The van der Waals surface area contributed by atoms with Crippen LogP contribution in [0.15, 0.2) is 53.1 Å². The van der Waals surface area contributed by atoms with Crippen LogP contribution in [-0.2, 0) is 27.8 Å². The van der Waals surface area contributed by atoms with Gasteiger partial charge in [0.05, 0.1) is 17.5 Å². The maximum absolute atomic E-state index is 12.4. The summed E-state index contributed by atoms with van der Waals surface area (Å²) < 4.78 is 35.5. The highest BCUT2D eigenvalue weighted by atomic mass is 35.5. The van der Waals surface area contributed by atoms with E-state index in [1.54, 1.807) is 36.4 Å². The van der Waals surface area contributed by atoms with Gasteiger partial charge in [-0.1, -0.05) is 28.9 Å². The van der Waals surface area contributed by atoms with Gasteiger partial charge in [0.15, 0.2) is 12.4 Å². The highest BCUT2D eigenvalue weighted by Gasteiger charge is 2.27. The zero-order valence-electron chi connectivity index (χ0n) is 15.5. The third-order valence-corrected chi connectivity index (χ3v) is 6.04. The van der Waals surface area contributed by atoms with Crippen LogP contribution >= 0.6 is 11.6 Å². The summed E-state index contributed by atoms with van der Waals surface area (Å²) in [6, 6.07) is 13.7. The molecule has 0 saturated heterocycles. The molecular weight excluding hydrogens is 416 g/mol. The van der Waals surface area contributed by atoms with Gasteiger partial charge >= 0.3 is 5.97 Å². The predicted octanol–water partition coefficient (Wildman–Crippen LogP) is 3.67. The van der Waals surface area contributed by atoms with Gasteiger partial charge in [0.2, 0.25) is 10.0 Å². The first-order valence-corrected chi connectivity index (χ1v) is 11.0. The molecule has 2 heterocycles. The standard InChI is InChI=1S/C20H17ClN2O5S/c1-29(25,26)23-9-8-14-10-15(4-7-19(14)23)20(24)27-12-17-11-18(22-28-17)13-2-5-16(21)6-3-13/h2-7,10-11H,8-9,12H2,1H3. The normalized spacial score (nSPS) is 13.4. The molecule has 0 unspecified atom stereocenters. The zero-order valence-corrected chi connectivity index (χ0v) is 17.0. The van der Waals surface area contributed by atoms with Crippen LogP contribution < -0.4 is 4.31 Å². The van der Waals surface area contributed by atoms with Gasteiger partial charge in [0, 0.05) is 23.2 Å². The summed E-state index contributed by atoms with van der Waals surface area (Å²) in [5, 5.41) is 4.60. The Hall–Kier alpha value is -2.84. The van der Waals surface area contributed by atoms with Crippen LogP contribution in [0.3, 0.4) is 0 Å². The molecule has 29 heavy (non-hydrogen) atoms. The van der Waals surface area contributed by atoms with Crippen LogP contribution in [-0.4, -0.2) is 32.3 Å². The predicted molar refractivity (Wildman–Crippen MR) is 108 cm³/mol. The first-order chi connectivity index (χ1) is 13.8. The number of ether oxygens (including phenoxy) is 1. The number of halogens is 1. The molecule has 0 atom stereocenters. The summed E-state index contributed by atoms with van der Waals surface area (Å²) in [6.45, 7) is 0.310. The highest BCUT2D eigenvalue weighted by molar-refractivity contribution is 7.92. The smallest absolute Gasteiger partial charge is 0.338 e. The van der Waals surface area contributed by atoms with E-state index in [1.165, 1.54) is 10.6 Å². The molecule has 1 aliphatic heterocycles. The van der Waals surface area contributed by atoms with E-state index in [4.69, 9.17) is 20.9 Å². The fourth-order valence-electron chi connectivity index (χ4n) is 3.20. The molecule has 0 aliphatic carbocycles. The fraction of sp³-hybridized carbons (Fsp3) is 0.200. The number of hydrogen-bond acceptors (Lipinski definition) is 6. The molecule has 1 aromatic heterocycles. The number of rotatable bonds is 5. The Labute approximate surface area is 172 Å². The number of carbonyl (C=O) groups is 1. The Morgan fingerprint density at radius 3 is 2.69 bits per heavy atom. The van der Waals surface area contributed by atoms with E-state index in [-0.39, 0.29) is 6.61 Å². The van der Waals surface area contributed by atoms with Gasteiger partial charge in [-0.15, -0.1) is 0 Å². The number of anilines is 1. The van der Waals surface area contributed by atoms with Crippen molar-refractivity contribution < 1.29 is 22.5 Å². The number of fused-ring (bicyclic) bond motifs is 1. The average molecular weight is 433 g/mol. The molecule has 0 N–H and O–H groups in total.